The van der Waals surface area contributed by atoms with E-state index in [2.05, 4.69) is 20.4 Å². The molecule has 1 saturated carbocycles. The first kappa shape index (κ1) is 12.6. The third kappa shape index (κ3) is 2.77. The van der Waals surface area contributed by atoms with Gasteiger partial charge in [0.25, 0.3) is 0 Å². The minimum atomic E-state index is 0.167. The molecule has 104 valence electrons. The average molecular weight is 263 g/mol. The molecule has 1 aromatic heterocycles. The summed E-state index contributed by atoms with van der Waals surface area (Å²) in [6, 6.07) is 0.462. The first-order chi connectivity index (χ1) is 9.34. The second-order valence-corrected chi connectivity index (χ2v) is 5.70. The molecule has 6 nitrogen and oxygen atoms in total. The van der Waals surface area contributed by atoms with Crippen molar-refractivity contribution in [2.24, 2.45) is 5.92 Å². The van der Waals surface area contributed by atoms with Crippen LogP contribution in [-0.2, 0) is 11.3 Å². The van der Waals surface area contributed by atoms with E-state index >= 15 is 0 Å². The average Bonchev–Trinajstić information content (AvgIpc) is 3.10. The van der Waals surface area contributed by atoms with Crippen molar-refractivity contribution >= 4 is 5.91 Å². The van der Waals surface area contributed by atoms with Crippen LogP contribution in [0.2, 0.25) is 0 Å². The first-order valence-corrected chi connectivity index (χ1v) is 7.35. The molecular weight excluding hydrogens is 242 g/mol. The summed E-state index contributed by atoms with van der Waals surface area (Å²) < 4.78 is 1.51. The smallest absolute Gasteiger partial charge is 0.244 e. The zero-order chi connectivity index (χ0) is 13.1. The van der Waals surface area contributed by atoms with Gasteiger partial charge in [0.1, 0.15) is 12.9 Å². The Labute approximate surface area is 113 Å². The van der Waals surface area contributed by atoms with E-state index in [0.29, 0.717) is 12.0 Å². The van der Waals surface area contributed by atoms with Crippen LogP contribution in [-0.4, -0.2) is 43.6 Å². The maximum Gasteiger partial charge on any atom is 0.244 e. The highest BCUT2D eigenvalue weighted by Gasteiger charge is 2.35. The Hall–Kier alpha value is -1.46. The second-order valence-electron chi connectivity index (χ2n) is 5.70. The van der Waals surface area contributed by atoms with Crippen LogP contribution in [0.1, 0.15) is 44.9 Å². The lowest BCUT2D eigenvalue weighted by molar-refractivity contribution is -0.134. The molecule has 2 aliphatic rings. The summed E-state index contributed by atoms with van der Waals surface area (Å²) in [7, 11) is 0. The quantitative estimate of drug-likeness (QED) is 0.823. The van der Waals surface area contributed by atoms with Gasteiger partial charge in [-0.3, -0.25) is 4.79 Å². The van der Waals surface area contributed by atoms with E-state index in [9.17, 15) is 4.79 Å². The molecule has 1 aliphatic heterocycles. The van der Waals surface area contributed by atoms with Gasteiger partial charge in [-0.05, 0) is 42.0 Å². The fourth-order valence-corrected chi connectivity index (χ4v) is 3.59. The van der Waals surface area contributed by atoms with Crippen LogP contribution in [0.25, 0.3) is 0 Å². The van der Waals surface area contributed by atoms with Gasteiger partial charge < -0.3 is 4.90 Å². The van der Waals surface area contributed by atoms with Crippen molar-refractivity contribution in [1.82, 2.24) is 25.1 Å². The van der Waals surface area contributed by atoms with E-state index in [1.165, 1.54) is 49.5 Å². The van der Waals surface area contributed by atoms with Gasteiger partial charge in [0.05, 0.1) is 0 Å². The highest BCUT2D eigenvalue weighted by molar-refractivity contribution is 5.76. The van der Waals surface area contributed by atoms with E-state index in [0.717, 1.165) is 13.0 Å². The summed E-state index contributed by atoms with van der Waals surface area (Å²) >= 11 is 0. The van der Waals surface area contributed by atoms with Gasteiger partial charge in [0.15, 0.2) is 0 Å². The van der Waals surface area contributed by atoms with E-state index in [4.69, 9.17) is 0 Å². The van der Waals surface area contributed by atoms with Crippen LogP contribution < -0.4 is 0 Å². The van der Waals surface area contributed by atoms with Crippen molar-refractivity contribution in [2.45, 2.75) is 57.5 Å². The van der Waals surface area contributed by atoms with E-state index < -0.39 is 0 Å². The van der Waals surface area contributed by atoms with E-state index in [1.54, 1.807) is 0 Å². The van der Waals surface area contributed by atoms with Crippen LogP contribution in [0.15, 0.2) is 6.33 Å². The molecule has 0 N–H and O–H groups in total. The second kappa shape index (κ2) is 5.67. The molecule has 0 radical (unpaired) electrons. The fraction of sp³-hybridized carbons (Fsp3) is 0.846. The van der Waals surface area contributed by atoms with E-state index in [1.807, 2.05) is 0 Å². The molecule has 0 bridgehead atoms. The van der Waals surface area contributed by atoms with Gasteiger partial charge >= 0.3 is 0 Å². The van der Waals surface area contributed by atoms with Gasteiger partial charge in [-0.1, -0.05) is 19.3 Å². The molecule has 1 saturated heterocycles. The normalized spacial score (nSPS) is 24.8. The Balaban J connectivity index is 1.63. The molecule has 3 rings (SSSR count). The third-order valence-electron chi connectivity index (χ3n) is 4.50. The lowest BCUT2D eigenvalue weighted by Crippen LogP contribution is -2.42. The van der Waals surface area contributed by atoms with Crippen molar-refractivity contribution in [3.63, 3.8) is 0 Å². The van der Waals surface area contributed by atoms with Gasteiger partial charge in [0, 0.05) is 12.6 Å². The zero-order valence-electron chi connectivity index (χ0n) is 11.2. The summed E-state index contributed by atoms with van der Waals surface area (Å²) in [5.41, 5.74) is 0. The highest BCUT2D eigenvalue weighted by Crippen LogP contribution is 2.34. The lowest BCUT2D eigenvalue weighted by Gasteiger charge is -2.34. The number of aromatic nitrogens is 4. The van der Waals surface area contributed by atoms with Gasteiger partial charge in [0.2, 0.25) is 5.91 Å². The minimum absolute atomic E-state index is 0.167. The number of tetrazole rings is 1. The molecule has 19 heavy (non-hydrogen) atoms. The van der Waals surface area contributed by atoms with Crippen molar-refractivity contribution in [1.29, 1.82) is 0 Å². The lowest BCUT2D eigenvalue weighted by atomic mass is 9.83. The molecule has 1 aliphatic carbocycles. The molecule has 0 aromatic carbocycles. The van der Waals surface area contributed by atoms with Crippen molar-refractivity contribution in [2.75, 3.05) is 6.54 Å². The maximum absolute atomic E-state index is 12.4. The summed E-state index contributed by atoms with van der Waals surface area (Å²) in [5.74, 6) is 0.884. The van der Waals surface area contributed by atoms with Crippen LogP contribution >= 0.6 is 0 Å². The predicted molar refractivity (Wildman–Crippen MR) is 69.1 cm³/mol. The Morgan fingerprint density at radius 1 is 1.16 bits per heavy atom. The van der Waals surface area contributed by atoms with E-state index in [-0.39, 0.29) is 12.5 Å². The molecular formula is C13H21N5O. The van der Waals surface area contributed by atoms with Crippen LogP contribution in [0.3, 0.4) is 0 Å². The largest absolute Gasteiger partial charge is 0.338 e. The molecule has 1 amide bonds. The van der Waals surface area contributed by atoms with Crippen LogP contribution in [0.5, 0.6) is 0 Å². The Bertz CT molecular complexity index is 413. The van der Waals surface area contributed by atoms with Crippen LogP contribution in [0, 0.1) is 5.92 Å². The number of hydrogen-bond donors (Lipinski definition) is 0. The summed E-state index contributed by atoms with van der Waals surface area (Å²) in [4.78, 5) is 14.5. The summed E-state index contributed by atoms with van der Waals surface area (Å²) in [6.45, 7) is 1.18. The molecule has 6 heteroatoms. The molecule has 2 fully saturated rings. The maximum atomic E-state index is 12.4. The number of rotatable bonds is 3. The number of hydrogen-bond acceptors (Lipinski definition) is 4. The number of likely N-dealkylation sites (tertiary alicyclic amines) is 1. The van der Waals surface area contributed by atoms with Crippen molar-refractivity contribution in [3.8, 4) is 0 Å². The monoisotopic (exact) mass is 263 g/mol. The third-order valence-corrected chi connectivity index (χ3v) is 4.50. The predicted octanol–water partition coefficient (Wildman–Crippen LogP) is 1.24. The molecule has 2 heterocycles. The summed E-state index contributed by atoms with van der Waals surface area (Å²) in [6.07, 6.45) is 10.4. The standard InChI is InChI=1S/C13H21N5O/c19-13(9-17-10-14-15-16-17)18-8-4-7-12(18)11-5-2-1-3-6-11/h10-12H,1-9H2. The van der Waals surface area contributed by atoms with Gasteiger partial charge in [-0.25, -0.2) is 4.68 Å². The summed E-state index contributed by atoms with van der Waals surface area (Å²) in [5, 5.41) is 10.9. The zero-order valence-corrected chi connectivity index (χ0v) is 11.2. The Morgan fingerprint density at radius 2 is 2.00 bits per heavy atom. The topological polar surface area (TPSA) is 63.9 Å². The molecule has 1 atom stereocenters. The van der Waals surface area contributed by atoms with Gasteiger partial charge in [-0.2, -0.15) is 0 Å². The minimum Gasteiger partial charge on any atom is -0.338 e. The van der Waals surface area contributed by atoms with Gasteiger partial charge in [-0.15, -0.1) is 5.10 Å². The van der Waals surface area contributed by atoms with Crippen molar-refractivity contribution < 1.29 is 4.79 Å². The first-order valence-electron chi connectivity index (χ1n) is 7.35. The number of amides is 1. The molecule has 1 aromatic rings. The highest BCUT2D eigenvalue weighted by atomic mass is 16.2. The fourth-order valence-electron chi connectivity index (χ4n) is 3.59. The van der Waals surface area contributed by atoms with Crippen LogP contribution in [0.4, 0.5) is 0 Å². The SMILES string of the molecule is O=C(Cn1cnnn1)N1CCCC1C1CCCCC1. The Morgan fingerprint density at radius 3 is 2.74 bits per heavy atom. The Kier molecular flexibility index (Phi) is 3.75. The molecule has 0 spiro atoms. The van der Waals surface area contributed by atoms with Crippen molar-refractivity contribution in [3.05, 3.63) is 6.33 Å². The number of nitrogens with zero attached hydrogens (tertiary/aromatic N) is 5. The number of carbonyl (C=O) groups is 1. The molecule has 1 unspecified atom stereocenters. The number of carbonyl (C=O) groups excluding carboxylic acids is 1.